The summed E-state index contributed by atoms with van der Waals surface area (Å²) in [5.41, 5.74) is 1.51. The van der Waals surface area contributed by atoms with Gasteiger partial charge in [-0.2, -0.15) is 0 Å². The van der Waals surface area contributed by atoms with Gasteiger partial charge in [-0.25, -0.2) is 12.7 Å². The summed E-state index contributed by atoms with van der Waals surface area (Å²) in [5.74, 6) is 0.948. The van der Waals surface area contributed by atoms with E-state index in [-0.39, 0.29) is 23.6 Å². The summed E-state index contributed by atoms with van der Waals surface area (Å²) in [7, 11) is -0.283. The topological polar surface area (TPSA) is 84.9 Å². The lowest BCUT2D eigenvalue weighted by molar-refractivity contribution is -0.126. The lowest BCUT2D eigenvalue weighted by atomic mass is 9.96. The second-order valence-corrected chi connectivity index (χ2v) is 10.3. The fourth-order valence-electron chi connectivity index (χ4n) is 3.87. The molecule has 0 saturated carbocycles. The zero-order chi connectivity index (χ0) is 23.3. The molecule has 2 aromatic rings. The Bertz CT molecular complexity index is 1030. The molecule has 1 amide bonds. The van der Waals surface area contributed by atoms with E-state index in [0.29, 0.717) is 48.0 Å². The van der Waals surface area contributed by atoms with Crippen LogP contribution in [0, 0.1) is 5.92 Å². The third-order valence-electron chi connectivity index (χ3n) is 5.74. The lowest BCUT2D eigenvalue weighted by Crippen LogP contribution is -2.43. The fraction of sp³-hybridized carbons (Fsp3) is 0.435. The first-order valence-electron chi connectivity index (χ1n) is 10.5. The first-order chi connectivity index (χ1) is 15.2. The molecule has 0 spiro atoms. The lowest BCUT2D eigenvalue weighted by Gasteiger charge is -2.31. The molecule has 0 bridgehead atoms. The van der Waals surface area contributed by atoms with Crippen molar-refractivity contribution < 1.29 is 22.7 Å². The molecule has 0 aliphatic carbocycles. The van der Waals surface area contributed by atoms with Gasteiger partial charge in [0.15, 0.2) is 0 Å². The van der Waals surface area contributed by atoms with Crippen molar-refractivity contribution in [1.29, 1.82) is 0 Å². The highest BCUT2D eigenvalue weighted by atomic mass is 35.5. The predicted molar refractivity (Wildman–Crippen MR) is 124 cm³/mol. The van der Waals surface area contributed by atoms with Crippen LogP contribution in [0.4, 0.5) is 0 Å². The Hall–Kier alpha value is -2.29. The van der Waals surface area contributed by atoms with Crippen LogP contribution in [0.15, 0.2) is 42.5 Å². The van der Waals surface area contributed by atoms with Gasteiger partial charge < -0.3 is 14.8 Å². The Labute approximate surface area is 194 Å². The Morgan fingerprint density at radius 3 is 2.38 bits per heavy atom. The summed E-state index contributed by atoms with van der Waals surface area (Å²) in [5, 5.41) is 3.60. The number of nitrogens with one attached hydrogen (secondary N) is 1. The van der Waals surface area contributed by atoms with Gasteiger partial charge in [0.2, 0.25) is 15.9 Å². The number of benzene rings is 2. The molecule has 1 fully saturated rings. The van der Waals surface area contributed by atoms with Crippen LogP contribution in [0.2, 0.25) is 5.02 Å². The molecule has 32 heavy (non-hydrogen) atoms. The molecule has 174 valence electrons. The Morgan fingerprint density at radius 2 is 1.78 bits per heavy atom. The minimum absolute atomic E-state index is 0.0757. The largest absolute Gasteiger partial charge is 0.497 e. The molecular weight excluding hydrogens is 452 g/mol. The van der Waals surface area contributed by atoms with E-state index in [0.717, 1.165) is 5.56 Å². The van der Waals surface area contributed by atoms with Crippen molar-refractivity contribution >= 4 is 27.5 Å². The van der Waals surface area contributed by atoms with Gasteiger partial charge in [-0.3, -0.25) is 4.79 Å². The third kappa shape index (κ3) is 5.94. The number of nitrogens with zero attached hydrogens (tertiary/aromatic N) is 1. The summed E-state index contributed by atoms with van der Waals surface area (Å²) < 4.78 is 37.7. The molecule has 7 nitrogen and oxygen atoms in total. The summed E-state index contributed by atoms with van der Waals surface area (Å²) in [6, 6.07) is 12.0. The number of hydrogen-bond donors (Lipinski definition) is 1. The van der Waals surface area contributed by atoms with Crippen molar-refractivity contribution in [3.05, 3.63) is 58.6 Å². The van der Waals surface area contributed by atoms with Gasteiger partial charge in [0, 0.05) is 29.6 Å². The highest BCUT2D eigenvalue weighted by Gasteiger charge is 2.32. The first-order valence-corrected chi connectivity index (χ1v) is 12.5. The van der Waals surface area contributed by atoms with Gasteiger partial charge in [0.05, 0.1) is 26.0 Å². The van der Waals surface area contributed by atoms with Crippen LogP contribution in [0.3, 0.4) is 0 Å². The second kappa shape index (κ2) is 10.6. The molecule has 9 heteroatoms. The maximum Gasteiger partial charge on any atom is 0.223 e. The SMILES string of the molecule is COc1ccc(OC)c(C(C)NC(=O)C2CCN(S(=O)(=O)Cc3ccc(Cl)cc3)CC2)c1. The van der Waals surface area contributed by atoms with E-state index in [1.165, 1.54) is 4.31 Å². The molecule has 3 rings (SSSR count). The highest BCUT2D eigenvalue weighted by molar-refractivity contribution is 7.88. The molecular formula is C23H29ClN2O5S. The maximum absolute atomic E-state index is 12.9. The number of methoxy groups -OCH3 is 2. The van der Waals surface area contributed by atoms with Crippen molar-refractivity contribution in [3.63, 3.8) is 0 Å². The number of halogens is 1. The Kier molecular flexibility index (Phi) is 8.03. The summed E-state index contributed by atoms with van der Waals surface area (Å²) in [6.45, 7) is 2.54. The van der Waals surface area contributed by atoms with Crippen molar-refractivity contribution in [2.45, 2.75) is 31.6 Å². The number of hydrogen-bond acceptors (Lipinski definition) is 5. The predicted octanol–water partition coefficient (Wildman–Crippen LogP) is 3.78. The van der Waals surface area contributed by atoms with Crippen LogP contribution < -0.4 is 14.8 Å². The summed E-state index contributed by atoms with van der Waals surface area (Å²) >= 11 is 5.87. The van der Waals surface area contributed by atoms with Gasteiger partial charge >= 0.3 is 0 Å². The smallest absolute Gasteiger partial charge is 0.223 e. The number of sulfonamides is 1. The van der Waals surface area contributed by atoms with Gasteiger partial charge in [0.25, 0.3) is 0 Å². The zero-order valence-electron chi connectivity index (χ0n) is 18.5. The maximum atomic E-state index is 12.9. The van der Waals surface area contributed by atoms with Crippen molar-refractivity contribution in [2.24, 2.45) is 5.92 Å². The number of piperidine rings is 1. The fourth-order valence-corrected chi connectivity index (χ4v) is 5.55. The average Bonchev–Trinajstić information content (AvgIpc) is 2.80. The molecule has 1 aliphatic heterocycles. The van der Waals surface area contributed by atoms with Crippen molar-refractivity contribution in [2.75, 3.05) is 27.3 Å². The van der Waals surface area contributed by atoms with Gasteiger partial charge in [0.1, 0.15) is 11.5 Å². The molecule has 1 N–H and O–H groups in total. The first kappa shape index (κ1) is 24.4. The van der Waals surface area contributed by atoms with Crippen LogP contribution in [-0.2, 0) is 20.6 Å². The van der Waals surface area contributed by atoms with Crippen LogP contribution in [0.5, 0.6) is 11.5 Å². The quantitative estimate of drug-likeness (QED) is 0.621. The molecule has 1 atom stereocenters. The Balaban J connectivity index is 1.58. The highest BCUT2D eigenvalue weighted by Crippen LogP contribution is 2.30. The Morgan fingerprint density at radius 1 is 1.12 bits per heavy atom. The van der Waals surface area contributed by atoms with Gasteiger partial charge in [-0.05, 0) is 55.7 Å². The molecule has 1 aliphatic rings. The van der Waals surface area contributed by atoms with Crippen LogP contribution >= 0.6 is 11.6 Å². The van der Waals surface area contributed by atoms with E-state index in [2.05, 4.69) is 5.32 Å². The van der Waals surface area contributed by atoms with Crippen molar-refractivity contribution in [3.8, 4) is 11.5 Å². The molecule has 1 heterocycles. The summed E-state index contributed by atoms with van der Waals surface area (Å²) in [6.07, 6.45) is 0.960. The molecule has 1 saturated heterocycles. The standard InChI is InChI=1S/C23H29ClN2O5S/c1-16(21-14-20(30-2)8-9-22(21)31-3)25-23(27)18-10-12-26(13-11-18)32(28,29)15-17-4-6-19(24)7-5-17/h4-9,14,16,18H,10-13,15H2,1-3H3,(H,25,27). The van der Waals surface area contributed by atoms with E-state index in [1.54, 1.807) is 50.6 Å². The number of carbonyl (C=O) groups is 1. The average molecular weight is 481 g/mol. The second-order valence-electron chi connectivity index (χ2n) is 7.89. The van der Waals surface area contributed by atoms with E-state index in [9.17, 15) is 13.2 Å². The van der Waals surface area contributed by atoms with Crippen LogP contribution in [0.1, 0.15) is 36.9 Å². The van der Waals surface area contributed by atoms with E-state index >= 15 is 0 Å². The number of ether oxygens (including phenoxy) is 2. The number of rotatable bonds is 8. The van der Waals surface area contributed by atoms with E-state index in [1.807, 2.05) is 13.0 Å². The van der Waals surface area contributed by atoms with Gasteiger partial charge in [-0.1, -0.05) is 23.7 Å². The minimum Gasteiger partial charge on any atom is -0.497 e. The van der Waals surface area contributed by atoms with Crippen LogP contribution in [-0.4, -0.2) is 45.9 Å². The minimum atomic E-state index is -3.45. The van der Waals surface area contributed by atoms with Gasteiger partial charge in [-0.15, -0.1) is 0 Å². The molecule has 2 aromatic carbocycles. The van der Waals surface area contributed by atoms with E-state index < -0.39 is 10.0 Å². The molecule has 1 unspecified atom stereocenters. The number of amides is 1. The van der Waals surface area contributed by atoms with Crippen LogP contribution in [0.25, 0.3) is 0 Å². The number of carbonyl (C=O) groups excluding carboxylic acids is 1. The zero-order valence-corrected chi connectivity index (χ0v) is 20.1. The van der Waals surface area contributed by atoms with E-state index in [4.69, 9.17) is 21.1 Å². The monoisotopic (exact) mass is 480 g/mol. The normalized spacial score (nSPS) is 16.4. The summed E-state index contributed by atoms with van der Waals surface area (Å²) in [4.78, 5) is 12.9. The van der Waals surface area contributed by atoms with Crippen molar-refractivity contribution in [1.82, 2.24) is 9.62 Å². The molecule has 0 aromatic heterocycles. The molecule has 0 radical (unpaired) electrons. The third-order valence-corrected chi connectivity index (χ3v) is 7.84.